The minimum atomic E-state index is -1.70. The Labute approximate surface area is 113 Å². The van der Waals surface area contributed by atoms with Crippen LogP contribution in [0.25, 0.3) is 0 Å². The highest BCUT2D eigenvalue weighted by Crippen LogP contribution is 2.22. The average Bonchev–Trinajstić information content (AvgIpc) is 2.12. The Bertz CT molecular complexity index is 354. The van der Waals surface area contributed by atoms with Crippen molar-refractivity contribution in [2.45, 2.75) is 31.3 Å². The predicted octanol–water partition coefficient (Wildman–Crippen LogP) is 0.693. The summed E-state index contributed by atoms with van der Waals surface area (Å²) in [4.78, 5) is 20.8. The summed E-state index contributed by atoms with van der Waals surface area (Å²) in [6.07, 6.45) is -1.78. The molecule has 0 saturated carbocycles. The number of aliphatic hydroxyl groups is 1. The van der Waals surface area contributed by atoms with Crippen LogP contribution in [0.1, 0.15) is 25.7 Å². The summed E-state index contributed by atoms with van der Waals surface area (Å²) in [6.45, 7) is 0. The summed E-state index contributed by atoms with van der Waals surface area (Å²) in [5.41, 5.74) is -2.21. The predicted molar refractivity (Wildman–Crippen MR) is 69.2 cm³/mol. The van der Waals surface area contributed by atoms with E-state index in [1.54, 1.807) is 0 Å². The number of carboxylic acids is 2. The van der Waals surface area contributed by atoms with Crippen LogP contribution in [-0.2, 0) is 9.59 Å². The Morgan fingerprint density at radius 1 is 1.00 bits per heavy atom. The number of carbonyl (C=O) groups is 2. The average molecular weight is 292 g/mol. The van der Waals surface area contributed by atoms with Crippen LogP contribution in [0, 0.1) is 10.8 Å². The summed E-state index contributed by atoms with van der Waals surface area (Å²) in [7, 11) is 0. The fourth-order valence-corrected chi connectivity index (χ4v) is 2.01. The first-order chi connectivity index (χ1) is 8.68. The SMILES string of the molecule is N=C(CC(=O)O)CC(O)(CSO)CC(=N)CC(=O)O. The zero-order valence-corrected chi connectivity index (χ0v) is 10.9. The van der Waals surface area contributed by atoms with Gasteiger partial charge in [0.15, 0.2) is 0 Å². The molecule has 0 atom stereocenters. The van der Waals surface area contributed by atoms with Crippen LogP contribution in [0.15, 0.2) is 0 Å². The van der Waals surface area contributed by atoms with Crippen molar-refractivity contribution in [2.24, 2.45) is 0 Å². The zero-order chi connectivity index (χ0) is 15.1. The summed E-state index contributed by atoms with van der Waals surface area (Å²) in [6, 6.07) is 0. The Kier molecular flexibility index (Phi) is 7.27. The van der Waals surface area contributed by atoms with Crippen molar-refractivity contribution in [3.63, 3.8) is 0 Å². The van der Waals surface area contributed by atoms with E-state index in [9.17, 15) is 14.7 Å². The maximum Gasteiger partial charge on any atom is 0.309 e. The lowest BCUT2D eigenvalue weighted by atomic mass is 9.90. The molecule has 108 valence electrons. The first kappa shape index (κ1) is 17.6. The van der Waals surface area contributed by atoms with E-state index in [4.69, 9.17) is 25.6 Å². The fraction of sp³-hybridized carbons (Fsp3) is 0.600. The standard InChI is InChI=1S/C10H16N2O6S/c11-6(1-8(13)14)3-10(17,5-19-18)4-7(12)2-9(15)16/h11-12,17-18H,1-5H2,(H,13,14)(H,15,16). The highest BCUT2D eigenvalue weighted by Gasteiger charge is 2.31. The molecule has 9 heteroatoms. The van der Waals surface area contributed by atoms with Crippen LogP contribution in [-0.4, -0.2) is 54.6 Å². The van der Waals surface area contributed by atoms with E-state index in [1.807, 2.05) is 0 Å². The van der Waals surface area contributed by atoms with Gasteiger partial charge in [-0.2, -0.15) is 0 Å². The molecule has 6 N–H and O–H groups in total. The molecule has 0 saturated heterocycles. The second kappa shape index (κ2) is 7.87. The molecule has 19 heavy (non-hydrogen) atoms. The van der Waals surface area contributed by atoms with Gasteiger partial charge in [-0.3, -0.25) is 9.59 Å². The first-order valence-corrected chi connectivity index (χ1v) is 6.17. The Hall–Kier alpha value is -1.45. The number of hydrogen-bond acceptors (Lipinski definition) is 7. The van der Waals surface area contributed by atoms with Gasteiger partial charge in [-0.05, 0) is 12.0 Å². The fourth-order valence-electron chi connectivity index (χ4n) is 1.57. The van der Waals surface area contributed by atoms with Crippen molar-refractivity contribution in [1.82, 2.24) is 0 Å². The minimum absolute atomic E-state index is 0.239. The maximum atomic E-state index is 10.4. The second-order valence-electron chi connectivity index (χ2n) is 4.20. The highest BCUT2D eigenvalue weighted by atomic mass is 32.2. The van der Waals surface area contributed by atoms with Gasteiger partial charge in [0.1, 0.15) is 0 Å². The van der Waals surface area contributed by atoms with Gasteiger partial charge >= 0.3 is 11.9 Å². The minimum Gasteiger partial charge on any atom is -0.481 e. The van der Waals surface area contributed by atoms with Crippen molar-refractivity contribution in [3.8, 4) is 0 Å². The molecule has 8 nitrogen and oxygen atoms in total. The number of carboxylic acid groups (broad SMARTS) is 2. The van der Waals surface area contributed by atoms with E-state index in [-0.39, 0.29) is 30.0 Å². The first-order valence-electron chi connectivity index (χ1n) is 5.23. The van der Waals surface area contributed by atoms with Gasteiger partial charge in [-0.1, -0.05) is 0 Å². The van der Waals surface area contributed by atoms with E-state index < -0.39 is 30.4 Å². The molecule has 0 aromatic carbocycles. The molecule has 0 heterocycles. The zero-order valence-electron chi connectivity index (χ0n) is 10.0. The quantitative estimate of drug-likeness (QED) is 0.255. The molecular weight excluding hydrogens is 276 g/mol. The van der Waals surface area contributed by atoms with E-state index >= 15 is 0 Å². The Morgan fingerprint density at radius 2 is 1.37 bits per heavy atom. The molecule has 0 spiro atoms. The van der Waals surface area contributed by atoms with Crippen LogP contribution >= 0.6 is 12.0 Å². The lowest BCUT2D eigenvalue weighted by Gasteiger charge is -2.27. The largest absolute Gasteiger partial charge is 0.481 e. The van der Waals surface area contributed by atoms with Crippen LogP contribution in [0.5, 0.6) is 0 Å². The molecule has 0 rings (SSSR count). The monoisotopic (exact) mass is 292 g/mol. The van der Waals surface area contributed by atoms with Gasteiger partial charge in [0, 0.05) is 30.0 Å². The number of nitrogens with one attached hydrogen (secondary N) is 2. The van der Waals surface area contributed by atoms with Crippen molar-refractivity contribution < 1.29 is 29.5 Å². The van der Waals surface area contributed by atoms with Gasteiger partial charge < -0.3 is 30.7 Å². The summed E-state index contributed by atoms with van der Waals surface area (Å²) < 4.78 is 8.77. The van der Waals surface area contributed by atoms with Gasteiger partial charge in [0.25, 0.3) is 0 Å². The molecule has 0 bridgehead atoms. The van der Waals surface area contributed by atoms with E-state index in [1.165, 1.54) is 0 Å². The molecule has 0 aromatic rings. The molecule has 0 radical (unpaired) electrons. The molecule has 0 aliphatic heterocycles. The van der Waals surface area contributed by atoms with Gasteiger partial charge in [0.05, 0.1) is 18.4 Å². The van der Waals surface area contributed by atoms with Crippen molar-refractivity contribution in [2.75, 3.05) is 5.75 Å². The summed E-state index contributed by atoms with van der Waals surface area (Å²) in [5.74, 6) is -2.67. The van der Waals surface area contributed by atoms with Crippen LogP contribution in [0.2, 0.25) is 0 Å². The normalized spacial score (nSPS) is 13.6. The third-order valence-corrected chi connectivity index (χ3v) is 2.81. The number of hydrogen-bond donors (Lipinski definition) is 6. The smallest absolute Gasteiger partial charge is 0.309 e. The second-order valence-corrected chi connectivity index (χ2v) is 4.75. The topological polar surface area (TPSA) is 163 Å². The van der Waals surface area contributed by atoms with Crippen LogP contribution in [0.4, 0.5) is 0 Å². The van der Waals surface area contributed by atoms with Gasteiger partial charge in [-0.25, -0.2) is 0 Å². The molecular formula is C10H16N2O6S. The third kappa shape index (κ3) is 8.30. The molecule has 0 aliphatic carbocycles. The lowest BCUT2D eigenvalue weighted by molar-refractivity contribution is -0.136. The highest BCUT2D eigenvalue weighted by molar-refractivity contribution is 7.93. The summed E-state index contributed by atoms with van der Waals surface area (Å²) in [5, 5.41) is 42.0. The Morgan fingerprint density at radius 3 is 1.63 bits per heavy atom. The Balaban J connectivity index is 4.65. The van der Waals surface area contributed by atoms with Crippen LogP contribution < -0.4 is 0 Å². The lowest BCUT2D eigenvalue weighted by Crippen LogP contribution is -2.37. The molecule has 0 aliphatic rings. The summed E-state index contributed by atoms with van der Waals surface area (Å²) >= 11 is 0.292. The molecule has 0 fully saturated rings. The van der Waals surface area contributed by atoms with E-state index in [2.05, 4.69) is 0 Å². The number of rotatable bonds is 10. The third-order valence-electron chi connectivity index (χ3n) is 2.15. The maximum absolute atomic E-state index is 10.4. The van der Waals surface area contributed by atoms with Crippen molar-refractivity contribution in [1.29, 1.82) is 10.8 Å². The van der Waals surface area contributed by atoms with Gasteiger partial charge in [0.2, 0.25) is 0 Å². The molecule has 0 unspecified atom stereocenters. The van der Waals surface area contributed by atoms with Gasteiger partial charge in [-0.15, -0.1) is 0 Å². The van der Waals surface area contributed by atoms with Crippen molar-refractivity contribution in [3.05, 3.63) is 0 Å². The molecule has 0 aromatic heterocycles. The molecule has 0 amide bonds. The number of aliphatic carboxylic acids is 2. The van der Waals surface area contributed by atoms with E-state index in [0.29, 0.717) is 12.0 Å². The van der Waals surface area contributed by atoms with Crippen LogP contribution in [0.3, 0.4) is 0 Å². The van der Waals surface area contributed by atoms with E-state index in [0.717, 1.165) is 0 Å². The van der Waals surface area contributed by atoms with Crippen molar-refractivity contribution >= 4 is 35.4 Å².